The van der Waals surface area contributed by atoms with Gasteiger partial charge in [0, 0.05) is 6.04 Å². The lowest BCUT2D eigenvalue weighted by Crippen LogP contribution is -2.37. The Morgan fingerprint density at radius 1 is 0.941 bits per heavy atom. The molecular weight excluding hydrogens is 236 g/mol. The molecule has 1 aromatic rings. The number of hydrogen-bond donors (Lipinski definition) is 0. The second kappa shape index (κ2) is 6.83. The van der Waals surface area contributed by atoms with Crippen LogP contribution in [0.4, 0.5) is 0 Å². The van der Waals surface area contributed by atoms with Gasteiger partial charge in [-0.2, -0.15) is 0 Å². The Labute approximate surface area is 109 Å². The summed E-state index contributed by atoms with van der Waals surface area (Å²) in [5.41, 5.74) is 0. The third kappa shape index (κ3) is 8.96. The molecule has 0 saturated carbocycles. The third-order valence-corrected chi connectivity index (χ3v) is 5.60. The average Bonchev–Trinajstić information content (AvgIpc) is 2.17. The Hall–Kier alpha value is -0.786. The Morgan fingerprint density at radius 3 is 1.59 bits per heavy atom. The van der Waals surface area contributed by atoms with Crippen molar-refractivity contribution in [1.29, 1.82) is 0 Å². The van der Waals surface area contributed by atoms with Gasteiger partial charge in [0.1, 0.15) is 0 Å². The van der Waals surface area contributed by atoms with Crippen molar-refractivity contribution in [3.8, 4) is 12.3 Å². The first-order chi connectivity index (χ1) is 7.67. The maximum absolute atomic E-state index is 5.10. The van der Waals surface area contributed by atoms with Crippen LogP contribution in [-0.4, -0.2) is 16.1 Å². The molecule has 0 aliphatic heterocycles. The first-order valence-corrected chi connectivity index (χ1v) is 13.4. The van der Waals surface area contributed by atoms with Crippen molar-refractivity contribution in [3.05, 3.63) is 30.3 Å². The minimum atomic E-state index is -1.03. The molecule has 1 aromatic carbocycles. The molecule has 0 radical (unpaired) electrons. The quantitative estimate of drug-likeness (QED) is 0.554. The average molecular weight is 263 g/mol. The lowest BCUT2D eigenvalue weighted by Gasteiger charge is -2.15. The second-order valence-electron chi connectivity index (χ2n) is 6.56. The fourth-order valence-electron chi connectivity index (χ4n) is 1.24. The van der Waals surface area contributed by atoms with Gasteiger partial charge in [-0.3, -0.25) is 0 Å². The maximum atomic E-state index is 5.10. The number of benzene rings is 1. The van der Waals surface area contributed by atoms with Gasteiger partial charge >= 0.3 is 0 Å². The smallest absolute Gasteiger partial charge is 0.0775 e. The molecule has 17 heavy (non-hydrogen) atoms. The molecule has 0 aromatic heterocycles. The molecule has 0 bridgehead atoms. The molecule has 0 atom stereocenters. The van der Waals surface area contributed by atoms with Gasteiger partial charge in [-0.1, -0.05) is 74.8 Å². The summed E-state index contributed by atoms with van der Waals surface area (Å²) in [4.78, 5) is 0. The van der Waals surface area contributed by atoms with E-state index in [2.05, 4.69) is 75.5 Å². The Balaban J connectivity index is 0.000000325. The molecule has 0 N–H and O–H groups in total. The lowest BCUT2D eigenvalue weighted by molar-refractivity contribution is 1.57. The highest BCUT2D eigenvalue weighted by atomic mass is 28.3. The molecule has 2 heteroatoms. The van der Waals surface area contributed by atoms with E-state index in [1.54, 1.807) is 0 Å². The largest absolute Gasteiger partial charge is 0.120 e. The summed E-state index contributed by atoms with van der Waals surface area (Å²) in [5.74, 6) is 2.67. The molecule has 1 rings (SSSR count). The number of rotatable bonds is 2. The van der Waals surface area contributed by atoms with Crippen LogP contribution in [0.2, 0.25) is 45.3 Å². The zero-order chi connectivity index (χ0) is 13.5. The van der Waals surface area contributed by atoms with Gasteiger partial charge in [-0.15, -0.1) is 12.3 Å². The van der Waals surface area contributed by atoms with Gasteiger partial charge in [0.2, 0.25) is 0 Å². The van der Waals surface area contributed by atoms with Crippen LogP contribution in [0.15, 0.2) is 30.3 Å². The lowest BCUT2D eigenvalue weighted by atomic mass is 10.4. The summed E-state index contributed by atoms with van der Waals surface area (Å²) in [6.45, 7) is 13.9. The fraction of sp³-hybridized carbons (Fsp3) is 0.467. The SMILES string of the molecule is C#CC[Si](C)(C)C.C[Si](C)(C)c1ccccc1. The van der Waals surface area contributed by atoms with E-state index in [0.29, 0.717) is 0 Å². The Morgan fingerprint density at radius 2 is 1.41 bits per heavy atom. The summed E-state index contributed by atoms with van der Waals surface area (Å²) >= 11 is 0. The molecule has 0 spiro atoms. The fourth-order valence-corrected chi connectivity index (χ4v) is 3.05. The number of hydrogen-bond acceptors (Lipinski definition) is 0. The van der Waals surface area contributed by atoms with Gasteiger partial charge in [0.25, 0.3) is 0 Å². The molecular formula is C15H26Si2. The van der Waals surface area contributed by atoms with Crippen LogP contribution in [0, 0.1) is 12.3 Å². The van der Waals surface area contributed by atoms with Gasteiger partial charge in [0.05, 0.1) is 16.1 Å². The summed E-state index contributed by atoms with van der Waals surface area (Å²) in [6, 6.07) is 11.8. The molecule has 0 amide bonds. The van der Waals surface area contributed by atoms with E-state index >= 15 is 0 Å². The molecule has 0 fully saturated rings. The van der Waals surface area contributed by atoms with Crippen molar-refractivity contribution in [2.75, 3.05) is 0 Å². The van der Waals surface area contributed by atoms with E-state index in [9.17, 15) is 0 Å². The van der Waals surface area contributed by atoms with Gasteiger partial charge in [0.15, 0.2) is 0 Å². The standard InChI is InChI=1S/C9H14Si.C6H12Si/c1-10(2,3)9-7-5-4-6-8-9;1-5-6-7(2,3)4/h4-8H,1-3H3;1H,6H2,2-4H3. The number of terminal acetylenes is 1. The van der Waals surface area contributed by atoms with E-state index < -0.39 is 16.1 Å². The highest BCUT2D eigenvalue weighted by Crippen LogP contribution is 2.04. The van der Waals surface area contributed by atoms with Crippen molar-refractivity contribution in [1.82, 2.24) is 0 Å². The van der Waals surface area contributed by atoms with E-state index in [1.165, 1.54) is 5.19 Å². The van der Waals surface area contributed by atoms with E-state index in [4.69, 9.17) is 6.42 Å². The first kappa shape index (κ1) is 16.2. The monoisotopic (exact) mass is 262 g/mol. The van der Waals surface area contributed by atoms with Crippen molar-refractivity contribution in [2.45, 2.75) is 45.3 Å². The van der Waals surface area contributed by atoms with Crippen molar-refractivity contribution >= 4 is 21.3 Å². The minimum Gasteiger partial charge on any atom is -0.120 e. The van der Waals surface area contributed by atoms with Gasteiger partial charge in [-0.05, 0) is 0 Å². The van der Waals surface area contributed by atoms with Gasteiger partial charge in [-0.25, -0.2) is 0 Å². The summed E-state index contributed by atoms with van der Waals surface area (Å²) in [6.07, 6.45) is 5.10. The molecule has 0 heterocycles. The Bertz CT molecular complexity index is 347. The predicted octanol–water partition coefficient (Wildman–Crippen LogP) is 4.19. The van der Waals surface area contributed by atoms with Crippen molar-refractivity contribution < 1.29 is 0 Å². The highest BCUT2D eigenvalue weighted by molar-refractivity contribution is 6.88. The highest BCUT2D eigenvalue weighted by Gasteiger charge is 2.14. The second-order valence-corrected chi connectivity index (χ2v) is 17.1. The molecule has 0 unspecified atom stereocenters. The van der Waals surface area contributed by atoms with E-state index in [0.717, 1.165) is 6.04 Å². The van der Waals surface area contributed by atoms with Crippen molar-refractivity contribution in [2.24, 2.45) is 0 Å². The summed E-state index contributed by atoms with van der Waals surface area (Å²) < 4.78 is 0. The molecule has 0 aliphatic rings. The third-order valence-electron chi connectivity index (χ3n) is 2.27. The van der Waals surface area contributed by atoms with Crippen LogP contribution in [0.5, 0.6) is 0 Å². The van der Waals surface area contributed by atoms with Crippen LogP contribution in [0.1, 0.15) is 0 Å². The summed E-state index contributed by atoms with van der Waals surface area (Å²) in [5, 5.41) is 1.54. The molecule has 94 valence electrons. The van der Waals surface area contributed by atoms with Crippen LogP contribution < -0.4 is 5.19 Å². The maximum Gasteiger partial charge on any atom is 0.0775 e. The van der Waals surface area contributed by atoms with Gasteiger partial charge < -0.3 is 0 Å². The minimum absolute atomic E-state index is 0.893. The summed E-state index contributed by atoms with van der Waals surface area (Å²) in [7, 11) is -1.93. The zero-order valence-corrected chi connectivity index (χ0v) is 14.2. The molecule has 0 aliphatic carbocycles. The molecule has 0 saturated heterocycles. The normalized spacial score (nSPS) is 11.1. The topological polar surface area (TPSA) is 0 Å². The Kier molecular flexibility index (Phi) is 6.51. The van der Waals surface area contributed by atoms with E-state index in [1.807, 2.05) is 0 Å². The zero-order valence-electron chi connectivity index (χ0n) is 12.2. The molecule has 0 nitrogen and oxygen atoms in total. The van der Waals surface area contributed by atoms with Crippen LogP contribution in [0.3, 0.4) is 0 Å². The predicted molar refractivity (Wildman–Crippen MR) is 86.4 cm³/mol. The van der Waals surface area contributed by atoms with Crippen LogP contribution >= 0.6 is 0 Å². The van der Waals surface area contributed by atoms with Crippen molar-refractivity contribution in [3.63, 3.8) is 0 Å². The first-order valence-electron chi connectivity index (χ1n) is 6.16. The van der Waals surface area contributed by atoms with Crippen LogP contribution in [0.25, 0.3) is 0 Å². The van der Waals surface area contributed by atoms with E-state index in [-0.39, 0.29) is 0 Å². The van der Waals surface area contributed by atoms with Crippen LogP contribution in [-0.2, 0) is 0 Å².